The van der Waals surface area contributed by atoms with Gasteiger partial charge in [-0.25, -0.2) is 13.6 Å². The molecule has 0 spiro atoms. The molecule has 8 heteroatoms. The Kier molecular flexibility index (Phi) is 5.73. The Morgan fingerprint density at radius 1 is 1.32 bits per heavy atom. The molecule has 0 bridgehead atoms. The lowest BCUT2D eigenvalue weighted by Crippen LogP contribution is -2.48. The van der Waals surface area contributed by atoms with Crippen LogP contribution < -0.4 is 10.1 Å². The maximum absolute atomic E-state index is 13.7. The predicted molar refractivity (Wildman–Crippen MR) is 97.1 cm³/mol. The van der Waals surface area contributed by atoms with Crippen LogP contribution in [-0.2, 0) is 0 Å². The standard InChI is InChI=1S/C20H19F2N3O3/c21-20(22)8-7-18(25-19(26)27)15(9-20)12-28-16-4-2-14(3-5-16)17-6-1-13(10-23)11-24-17/h1-6,11,15,18,25H,7-9,12H2,(H,26,27)/t15-,18+/m1/s1. The van der Waals surface area contributed by atoms with Crippen LogP contribution in [0.2, 0.25) is 0 Å². The van der Waals surface area contributed by atoms with Crippen molar-refractivity contribution in [1.29, 1.82) is 5.26 Å². The van der Waals surface area contributed by atoms with E-state index in [9.17, 15) is 13.6 Å². The number of alkyl halides is 2. The van der Waals surface area contributed by atoms with Gasteiger partial charge < -0.3 is 15.2 Å². The van der Waals surface area contributed by atoms with E-state index in [1.807, 2.05) is 6.07 Å². The summed E-state index contributed by atoms with van der Waals surface area (Å²) in [6.45, 7) is -0.00496. The molecule has 1 fully saturated rings. The Hall–Kier alpha value is -3.21. The van der Waals surface area contributed by atoms with E-state index < -0.39 is 30.4 Å². The van der Waals surface area contributed by atoms with Crippen molar-refractivity contribution in [3.8, 4) is 23.1 Å². The quantitative estimate of drug-likeness (QED) is 0.806. The second kappa shape index (κ2) is 8.21. The van der Waals surface area contributed by atoms with Gasteiger partial charge in [-0.15, -0.1) is 0 Å². The SMILES string of the molecule is N#Cc1ccc(-c2ccc(OC[C@H]3CC(F)(F)CC[C@@H]3NC(=O)O)cc2)nc1. The van der Waals surface area contributed by atoms with Crippen LogP contribution >= 0.6 is 0 Å². The minimum absolute atomic E-state index is 0.00496. The Morgan fingerprint density at radius 3 is 2.68 bits per heavy atom. The Labute approximate surface area is 160 Å². The number of aromatic nitrogens is 1. The molecule has 1 amide bonds. The molecule has 146 valence electrons. The highest BCUT2D eigenvalue weighted by Crippen LogP contribution is 2.37. The van der Waals surface area contributed by atoms with Gasteiger partial charge in [-0.1, -0.05) is 0 Å². The molecule has 1 heterocycles. The molecular weight excluding hydrogens is 368 g/mol. The predicted octanol–water partition coefficient (Wildman–Crippen LogP) is 4.07. The van der Waals surface area contributed by atoms with Crippen molar-refractivity contribution in [2.75, 3.05) is 6.61 Å². The van der Waals surface area contributed by atoms with Crippen molar-refractivity contribution in [1.82, 2.24) is 10.3 Å². The van der Waals surface area contributed by atoms with Crippen LogP contribution in [0.15, 0.2) is 42.6 Å². The van der Waals surface area contributed by atoms with E-state index in [-0.39, 0.29) is 19.4 Å². The molecule has 6 nitrogen and oxygen atoms in total. The fraction of sp³-hybridized carbons (Fsp3) is 0.350. The van der Waals surface area contributed by atoms with Crippen LogP contribution in [0.3, 0.4) is 0 Å². The molecule has 1 aliphatic carbocycles. The first-order valence-corrected chi connectivity index (χ1v) is 8.83. The van der Waals surface area contributed by atoms with Gasteiger partial charge >= 0.3 is 6.09 Å². The van der Waals surface area contributed by atoms with Crippen LogP contribution in [0, 0.1) is 17.2 Å². The number of hydrogen-bond acceptors (Lipinski definition) is 4. The summed E-state index contributed by atoms with van der Waals surface area (Å²) in [7, 11) is 0. The van der Waals surface area contributed by atoms with E-state index in [0.717, 1.165) is 5.56 Å². The molecule has 0 unspecified atom stereocenters. The summed E-state index contributed by atoms with van der Waals surface area (Å²) in [5.74, 6) is -2.92. The molecule has 1 aromatic carbocycles. The van der Waals surface area contributed by atoms with E-state index in [4.69, 9.17) is 15.1 Å². The van der Waals surface area contributed by atoms with Crippen LogP contribution in [0.4, 0.5) is 13.6 Å². The summed E-state index contributed by atoms with van der Waals surface area (Å²) in [5.41, 5.74) is 1.99. The number of rotatable bonds is 5. The topological polar surface area (TPSA) is 95.2 Å². The van der Waals surface area contributed by atoms with Gasteiger partial charge in [-0.2, -0.15) is 5.26 Å². The van der Waals surface area contributed by atoms with Gasteiger partial charge in [0.25, 0.3) is 0 Å². The van der Waals surface area contributed by atoms with Gasteiger partial charge in [-0.3, -0.25) is 4.98 Å². The van der Waals surface area contributed by atoms with Crippen molar-refractivity contribution in [2.45, 2.75) is 31.2 Å². The summed E-state index contributed by atoms with van der Waals surface area (Å²) in [6, 6.07) is 11.8. The number of pyridine rings is 1. The fourth-order valence-corrected chi connectivity index (χ4v) is 3.31. The molecule has 0 aliphatic heterocycles. The largest absolute Gasteiger partial charge is 0.493 e. The normalized spacial score (nSPS) is 20.8. The van der Waals surface area contributed by atoms with Crippen molar-refractivity contribution < 1.29 is 23.4 Å². The average molecular weight is 387 g/mol. The number of ether oxygens (including phenoxy) is 1. The number of carbonyl (C=O) groups is 1. The number of carboxylic acid groups (broad SMARTS) is 1. The zero-order valence-corrected chi connectivity index (χ0v) is 14.9. The van der Waals surface area contributed by atoms with Crippen molar-refractivity contribution in [2.24, 2.45) is 5.92 Å². The second-order valence-electron chi connectivity index (χ2n) is 6.79. The molecule has 28 heavy (non-hydrogen) atoms. The molecule has 2 aromatic rings. The zero-order valence-electron chi connectivity index (χ0n) is 14.9. The van der Waals surface area contributed by atoms with Gasteiger partial charge in [0.2, 0.25) is 5.92 Å². The Balaban J connectivity index is 1.64. The van der Waals surface area contributed by atoms with Crippen LogP contribution in [0.1, 0.15) is 24.8 Å². The third kappa shape index (κ3) is 4.94. The van der Waals surface area contributed by atoms with E-state index in [2.05, 4.69) is 10.3 Å². The molecular formula is C20H19F2N3O3. The summed E-state index contributed by atoms with van der Waals surface area (Å²) in [4.78, 5) is 15.1. The maximum atomic E-state index is 13.7. The highest BCUT2D eigenvalue weighted by atomic mass is 19.3. The molecule has 1 saturated carbocycles. The lowest BCUT2D eigenvalue weighted by molar-refractivity contribution is -0.0677. The van der Waals surface area contributed by atoms with E-state index in [1.54, 1.807) is 36.4 Å². The number of amides is 1. The first-order valence-electron chi connectivity index (χ1n) is 8.83. The highest BCUT2D eigenvalue weighted by molar-refractivity contribution is 5.65. The minimum atomic E-state index is -2.81. The number of nitrogens with one attached hydrogen (secondary N) is 1. The molecule has 2 atom stereocenters. The maximum Gasteiger partial charge on any atom is 0.404 e. The van der Waals surface area contributed by atoms with Gasteiger partial charge in [-0.05, 0) is 42.8 Å². The summed E-state index contributed by atoms with van der Waals surface area (Å²) in [5, 5.41) is 20.0. The summed E-state index contributed by atoms with van der Waals surface area (Å²) >= 11 is 0. The van der Waals surface area contributed by atoms with Crippen molar-refractivity contribution >= 4 is 6.09 Å². The average Bonchev–Trinajstić information content (AvgIpc) is 2.68. The molecule has 1 aromatic heterocycles. The summed E-state index contributed by atoms with van der Waals surface area (Å²) in [6.07, 6.45) is -0.402. The number of hydrogen-bond donors (Lipinski definition) is 2. The van der Waals surface area contributed by atoms with Crippen LogP contribution in [-0.4, -0.2) is 34.8 Å². The highest BCUT2D eigenvalue weighted by Gasteiger charge is 2.42. The van der Waals surface area contributed by atoms with Gasteiger partial charge in [0.15, 0.2) is 0 Å². The van der Waals surface area contributed by atoms with Crippen LogP contribution in [0.5, 0.6) is 5.75 Å². The second-order valence-corrected chi connectivity index (χ2v) is 6.79. The molecule has 1 aliphatic rings. The fourth-order valence-electron chi connectivity index (χ4n) is 3.31. The molecule has 2 N–H and O–H groups in total. The van der Waals surface area contributed by atoms with E-state index in [0.29, 0.717) is 17.0 Å². The first kappa shape index (κ1) is 19.5. The lowest BCUT2D eigenvalue weighted by atomic mass is 9.82. The van der Waals surface area contributed by atoms with Crippen molar-refractivity contribution in [3.05, 3.63) is 48.2 Å². The monoisotopic (exact) mass is 387 g/mol. The Morgan fingerprint density at radius 2 is 2.07 bits per heavy atom. The van der Waals surface area contributed by atoms with Crippen LogP contribution in [0.25, 0.3) is 11.3 Å². The molecule has 3 rings (SSSR count). The number of benzene rings is 1. The van der Waals surface area contributed by atoms with Crippen molar-refractivity contribution in [3.63, 3.8) is 0 Å². The summed E-state index contributed by atoms with van der Waals surface area (Å²) < 4.78 is 33.1. The molecule has 0 radical (unpaired) electrons. The van der Waals surface area contributed by atoms with Gasteiger partial charge in [0, 0.05) is 36.6 Å². The van der Waals surface area contributed by atoms with Gasteiger partial charge in [0.05, 0.1) is 17.9 Å². The third-order valence-corrected chi connectivity index (χ3v) is 4.77. The number of halogens is 2. The van der Waals surface area contributed by atoms with Gasteiger partial charge in [0.1, 0.15) is 11.8 Å². The Bertz CT molecular complexity index is 864. The molecule has 0 saturated heterocycles. The number of nitrogens with zero attached hydrogens (tertiary/aromatic N) is 2. The van der Waals surface area contributed by atoms with E-state index in [1.165, 1.54) is 6.20 Å². The zero-order chi connectivity index (χ0) is 20.1. The third-order valence-electron chi connectivity index (χ3n) is 4.77. The lowest BCUT2D eigenvalue weighted by Gasteiger charge is -2.35. The van der Waals surface area contributed by atoms with E-state index >= 15 is 0 Å². The minimum Gasteiger partial charge on any atom is -0.493 e. The smallest absolute Gasteiger partial charge is 0.404 e. The first-order chi connectivity index (χ1) is 13.4. The number of nitriles is 1.